The molecule has 0 aromatic rings. The van der Waals surface area contributed by atoms with E-state index in [1.807, 2.05) is 6.92 Å². The number of carboxylic acid groups (broad SMARTS) is 1. The monoisotopic (exact) mass is 830 g/mol. The summed E-state index contributed by atoms with van der Waals surface area (Å²) in [5, 5.41) is 43.8. The minimum Gasteiger partial charge on any atom is -0.480 e. The van der Waals surface area contributed by atoms with Crippen molar-refractivity contribution in [3.05, 3.63) is 23.8 Å². The molecule has 8 aliphatic rings. The van der Waals surface area contributed by atoms with Crippen LogP contribution in [0.1, 0.15) is 130 Å². The van der Waals surface area contributed by atoms with E-state index in [0.29, 0.717) is 50.4 Å². The van der Waals surface area contributed by atoms with Gasteiger partial charge in [0, 0.05) is 66.7 Å². The van der Waals surface area contributed by atoms with Gasteiger partial charge >= 0.3 is 5.97 Å². The maximum absolute atomic E-state index is 12.0. The summed E-state index contributed by atoms with van der Waals surface area (Å²) in [4.78, 5) is 17.2. The van der Waals surface area contributed by atoms with Crippen LogP contribution in [0.5, 0.6) is 0 Å². The van der Waals surface area contributed by atoms with Gasteiger partial charge in [-0.05, 0) is 95.3 Å². The van der Waals surface area contributed by atoms with Crippen molar-refractivity contribution in [3.8, 4) is 0 Å². The predicted molar refractivity (Wildman–Crippen MR) is 221 cm³/mol. The van der Waals surface area contributed by atoms with Gasteiger partial charge in [0.05, 0.1) is 31.0 Å². The smallest absolute Gasteiger partial charge is 0.321 e. The molecule has 13 heteroatoms. The van der Waals surface area contributed by atoms with E-state index in [1.54, 1.807) is 0 Å². The van der Waals surface area contributed by atoms with Crippen LogP contribution >= 0.6 is 11.8 Å². The third-order valence-electron chi connectivity index (χ3n) is 15.8. The van der Waals surface area contributed by atoms with Gasteiger partial charge in [-0.2, -0.15) is 0 Å². The average Bonchev–Trinajstić information content (AvgIpc) is 3.65. The fraction of sp³-hybridized carbons (Fsp3) is 0.867. The number of nitrogens with two attached hydrogens (primary N) is 1. The number of fused-ring (bicyclic) bond motifs is 6. The number of aliphatic hydroxyl groups excluding tert-OH is 2. The number of nitrogens with zero attached hydrogens (tertiary/aromatic N) is 1. The summed E-state index contributed by atoms with van der Waals surface area (Å²) in [6, 6.07) is -1.03. The van der Waals surface area contributed by atoms with E-state index in [1.165, 1.54) is 17.5 Å². The molecule has 6 fully saturated rings. The second-order valence-corrected chi connectivity index (χ2v) is 21.3. The van der Waals surface area contributed by atoms with E-state index in [2.05, 4.69) is 33.4 Å². The Kier molecular flexibility index (Phi) is 12.2. The van der Waals surface area contributed by atoms with E-state index in [9.17, 15) is 25.2 Å². The number of rotatable bonds is 6. The van der Waals surface area contributed by atoms with Gasteiger partial charge in [-0.15, -0.1) is 11.8 Å². The maximum Gasteiger partial charge on any atom is 0.321 e. The number of hydrogen-bond donors (Lipinski definition) is 5. The summed E-state index contributed by atoms with van der Waals surface area (Å²) in [7, 11) is 0. The van der Waals surface area contributed by atoms with Crippen LogP contribution in [0.2, 0.25) is 0 Å². The Hall–Kier alpha value is -1.39. The number of aliphatic carboxylic acids is 1. The minimum absolute atomic E-state index is 0.0821. The van der Waals surface area contributed by atoms with Crippen LogP contribution in [0.15, 0.2) is 28.8 Å². The predicted octanol–water partition coefficient (Wildman–Crippen LogP) is 6.04. The first-order chi connectivity index (χ1) is 27.5. The molecule has 1 unspecified atom stereocenters. The molecule has 7 bridgehead atoms. The largest absolute Gasteiger partial charge is 0.480 e. The molecule has 0 radical (unpaired) electrons. The van der Waals surface area contributed by atoms with E-state index < -0.39 is 53.3 Å². The molecular formula is C45H70N2O10S. The molecule has 0 amide bonds. The number of ether oxygens (including phenoxy) is 5. The highest BCUT2D eigenvalue weighted by Crippen LogP contribution is 2.59. The molecule has 6 N–H and O–H groups in total. The lowest BCUT2D eigenvalue weighted by atomic mass is 9.57. The Balaban J connectivity index is 1.20. The maximum atomic E-state index is 12.0. The molecule has 0 saturated carbocycles. The summed E-state index contributed by atoms with van der Waals surface area (Å²) in [5.74, 6) is -3.43. The van der Waals surface area contributed by atoms with Crippen molar-refractivity contribution >= 4 is 23.4 Å². The fourth-order valence-electron chi connectivity index (χ4n) is 12.2. The first-order valence-electron chi connectivity index (χ1n) is 22.4. The van der Waals surface area contributed by atoms with Crippen LogP contribution in [0.25, 0.3) is 0 Å². The first-order valence-corrected chi connectivity index (χ1v) is 23.5. The molecule has 0 aromatic carbocycles. The number of thioether (sulfide) groups is 1. The van der Waals surface area contributed by atoms with E-state index in [4.69, 9.17) is 34.4 Å². The van der Waals surface area contributed by atoms with Gasteiger partial charge < -0.3 is 49.8 Å². The number of carboxylic acids is 1. The normalized spacial score (nSPS) is 48.1. The van der Waals surface area contributed by atoms with Gasteiger partial charge in [-0.3, -0.25) is 9.79 Å². The van der Waals surface area contributed by atoms with Gasteiger partial charge in [-0.1, -0.05) is 44.6 Å². The summed E-state index contributed by atoms with van der Waals surface area (Å²) in [5.41, 5.74) is 7.80. The van der Waals surface area contributed by atoms with Gasteiger partial charge in [0.1, 0.15) is 17.7 Å². The third-order valence-corrected chi connectivity index (χ3v) is 17.2. The second kappa shape index (κ2) is 16.4. The van der Waals surface area contributed by atoms with Crippen LogP contribution in [-0.2, 0) is 28.5 Å². The highest BCUT2D eigenvalue weighted by atomic mass is 32.2. The lowest BCUT2D eigenvalue weighted by molar-refractivity contribution is -0.403. The fourth-order valence-corrected chi connectivity index (χ4v) is 13.3. The standard InChI is InChI=1S/C45H70N2O10S/c1-26-8-6-10-36-42(20-27(2)29(4)23-47-36)15-11-30(35(24-48)58-25-34(46)40(50)51)19-33(42)38-39-37(49)28(3)21-44(55-38,56-39)22-32-9-7-13-43(53-32)16-17-45(57-43)41(5,52)14-12-31(18-26)54-45/h19,27-29,31-35,37-39,48-49,52H,1,6-18,20-25,46H2,2-5H3,(H,50,51)/t27-,28+,29-,31-,32+,33+,34?,35+,37+,38-,39+,41+,42+,43+,44+,45+/m0/s1. The molecule has 58 heavy (non-hydrogen) atoms. The van der Waals surface area contributed by atoms with Crippen molar-refractivity contribution in [3.63, 3.8) is 0 Å². The average molecular weight is 831 g/mol. The SMILES string of the molecule is C=C1CCCC2=NC[C@H](C)[C@@H](C)C[C@@]23CCC([C@@H](CO)SCC(N)C(=O)O)=C[C@@H]3[C@@H]2O[C@]3(C[C@H]4CCC[C@@]5(CC[C@@]6(O[C@@H](CC[C@@]6(C)O)C1)O5)O4)C[C@@H](C)[C@@H](O)[C@H]2O3. The van der Waals surface area contributed by atoms with Crippen molar-refractivity contribution in [2.24, 2.45) is 39.8 Å². The molecule has 16 atom stereocenters. The van der Waals surface area contributed by atoms with Crippen molar-refractivity contribution in [2.75, 3.05) is 18.9 Å². The third kappa shape index (κ3) is 7.94. The minimum atomic E-state index is -1.16. The van der Waals surface area contributed by atoms with Crippen molar-refractivity contribution in [1.29, 1.82) is 0 Å². The zero-order chi connectivity index (χ0) is 41.3. The van der Waals surface area contributed by atoms with E-state index >= 15 is 0 Å². The van der Waals surface area contributed by atoms with Gasteiger partial charge in [0.2, 0.25) is 5.79 Å². The van der Waals surface area contributed by atoms with Crippen LogP contribution < -0.4 is 5.73 Å². The van der Waals surface area contributed by atoms with E-state index in [0.717, 1.165) is 81.9 Å². The molecule has 4 spiro atoms. The molecule has 7 aliphatic heterocycles. The van der Waals surface area contributed by atoms with Gasteiger partial charge in [-0.25, -0.2) is 0 Å². The van der Waals surface area contributed by atoms with Gasteiger partial charge in [0.25, 0.3) is 0 Å². The van der Waals surface area contributed by atoms with Crippen molar-refractivity contribution < 1.29 is 48.9 Å². The summed E-state index contributed by atoms with van der Waals surface area (Å²) in [6.07, 6.45) is 11.7. The Bertz CT molecular complexity index is 1620. The van der Waals surface area contributed by atoms with Crippen molar-refractivity contribution in [1.82, 2.24) is 0 Å². The number of carbonyl (C=O) groups is 1. The number of aliphatic imine (C=N–C) groups is 1. The van der Waals surface area contributed by atoms with E-state index in [-0.39, 0.29) is 47.1 Å². The van der Waals surface area contributed by atoms with Crippen LogP contribution in [0, 0.1) is 29.1 Å². The van der Waals surface area contributed by atoms with Crippen molar-refractivity contribution in [2.45, 2.75) is 195 Å². The molecule has 1 aliphatic carbocycles. The quantitative estimate of drug-likeness (QED) is 0.196. The molecule has 6 saturated heterocycles. The Morgan fingerprint density at radius 2 is 1.72 bits per heavy atom. The van der Waals surface area contributed by atoms with Crippen LogP contribution in [0.3, 0.4) is 0 Å². The summed E-state index contributed by atoms with van der Waals surface area (Å²) < 4.78 is 35.3. The lowest BCUT2D eigenvalue weighted by Gasteiger charge is -2.50. The molecule has 8 rings (SSSR count). The molecule has 326 valence electrons. The zero-order valence-corrected chi connectivity index (χ0v) is 36.1. The Labute approximate surface area is 349 Å². The topological polar surface area (TPSA) is 183 Å². The molecule has 7 heterocycles. The highest BCUT2D eigenvalue weighted by molar-refractivity contribution is 8.00. The summed E-state index contributed by atoms with van der Waals surface area (Å²) >= 11 is 1.39. The lowest BCUT2D eigenvalue weighted by Crippen LogP contribution is -2.60. The molecular weight excluding hydrogens is 761 g/mol. The highest BCUT2D eigenvalue weighted by Gasteiger charge is 2.66. The number of aliphatic hydroxyl groups is 3. The molecule has 0 aromatic heterocycles. The zero-order valence-electron chi connectivity index (χ0n) is 35.2. The molecule has 12 nitrogen and oxygen atoms in total. The Morgan fingerprint density at radius 3 is 2.50 bits per heavy atom. The number of hydrogen-bond acceptors (Lipinski definition) is 12. The van der Waals surface area contributed by atoms with Gasteiger partial charge in [0.15, 0.2) is 11.6 Å². The Morgan fingerprint density at radius 1 is 0.931 bits per heavy atom. The van der Waals surface area contributed by atoms with Crippen LogP contribution in [0.4, 0.5) is 0 Å². The summed E-state index contributed by atoms with van der Waals surface area (Å²) in [6.45, 7) is 13.7. The first kappa shape index (κ1) is 43.3. The second-order valence-electron chi connectivity index (χ2n) is 20.0. The van der Waals surface area contributed by atoms with Crippen LogP contribution in [-0.4, -0.2) is 116 Å².